The highest BCUT2D eigenvalue weighted by Gasteiger charge is 2.13. The van der Waals surface area contributed by atoms with Crippen molar-refractivity contribution in [1.29, 1.82) is 0 Å². The molecule has 0 aliphatic carbocycles. The van der Waals surface area contributed by atoms with E-state index in [-0.39, 0.29) is 24.5 Å². The lowest BCUT2D eigenvalue weighted by molar-refractivity contribution is -0.145. The summed E-state index contributed by atoms with van der Waals surface area (Å²) in [6, 6.07) is 0.108. The van der Waals surface area contributed by atoms with Gasteiger partial charge in [-0.15, -0.1) is 0 Å². The number of hydrogen-bond acceptors (Lipinski definition) is 5. The molecule has 0 aromatic rings. The van der Waals surface area contributed by atoms with Gasteiger partial charge in [-0.25, -0.2) is 0 Å². The lowest BCUT2D eigenvalue weighted by Gasteiger charge is -2.17. The Morgan fingerprint density at radius 2 is 2.00 bits per heavy atom. The first-order valence-corrected chi connectivity index (χ1v) is 5.70. The molecule has 3 atom stereocenters. The van der Waals surface area contributed by atoms with Crippen molar-refractivity contribution in [3.05, 3.63) is 0 Å². The summed E-state index contributed by atoms with van der Waals surface area (Å²) in [6.07, 6.45) is -0.492. The first kappa shape index (κ1) is 15.3. The Morgan fingerprint density at radius 3 is 2.50 bits per heavy atom. The fraction of sp³-hybridized carbons (Fsp3) is 0.909. The Hall–Kier alpha value is -0.650. The van der Waals surface area contributed by atoms with Crippen LogP contribution in [0.3, 0.4) is 0 Å². The van der Waals surface area contributed by atoms with E-state index >= 15 is 0 Å². The fourth-order valence-electron chi connectivity index (χ4n) is 1.42. The third kappa shape index (κ3) is 8.64. The number of nitrogens with one attached hydrogen (secondary N) is 1. The second-order valence-electron chi connectivity index (χ2n) is 4.06. The Kier molecular flexibility index (Phi) is 8.15. The SMILES string of the molecule is CCOC(=O)CC(O)CNC(C)CC(C)O. The minimum Gasteiger partial charge on any atom is -0.466 e. The van der Waals surface area contributed by atoms with Gasteiger partial charge in [0.1, 0.15) is 0 Å². The van der Waals surface area contributed by atoms with Gasteiger partial charge in [0.15, 0.2) is 0 Å². The molecule has 5 nitrogen and oxygen atoms in total. The Labute approximate surface area is 96.8 Å². The smallest absolute Gasteiger partial charge is 0.308 e. The lowest BCUT2D eigenvalue weighted by atomic mass is 10.1. The largest absolute Gasteiger partial charge is 0.466 e. The van der Waals surface area contributed by atoms with Crippen LogP contribution in [0.1, 0.15) is 33.6 Å². The fourth-order valence-corrected chi connectivity index (χ4v) is 1.42. The van der Waals surface area contributed by atoms with Crippen molar-refractivity contribution in [1.82, 2.24) is 5.32 Å². The van der Waals surface area contributed by atoms with Gasteiger partial charge in [-0.05, 0) is 27.2 Å². The number of carbonyl (C=O) groups is 1. The van der Waals surface area contributed by atoms with Crippen LogP contribution in [-0.2, 0) is 9.53 Å². The number of hydrogen-bond donors (Lipinski definition) is 3. The van der Waals surface area contributed by atoms with Crippen LogP contribution in [0.25, 0.3) is 0 Å². The van der Waals surface area contributed by atoms with Gasteiger partial charge in [0.25, 0.3) is 0 Å². The van der Waals surface area contributed by atoms with Gasteiger partial charge in [0, 0.05) is 12.6 Å². The van der Waals surface area contributed by atoms with E-state index in [1.54, 1.807) is 13.8 Å². The summed E-state index contributed by atoms with van der Waals surface area (Å²) in [5, 5.41) is 21.7. The van der Waals surface area contributed by atoms with Crippen LogP contribution in [0.4, 0.5) is 0 Å². The molecule has 0 saturated heterocycles. The predicted octanol–water partition coefficient (Wildman–Crippen LogP) is 0.0495. The van der Waals surface area contributed by atoms with Gasteiger partial charge in [0.05, 0.1) is 25.2 Å². The summed E-state index contributed by atoms with van der Waals surface area (Å²) < 4.78 is 4.72. The molecule has 0 aliphatic heterocycles. The predicted molar refractivity (Wildman–Crippen MR) is 61.0 cm³/mol. The number of carbonyl (C=O) groups excluding carboxylic acids is 1. The third-order valence-corrected chi connectivity index (χ3v) is 2.10. The van der Waals surface area contributed by atoms with Gasteiger partial charge >= 0.3 is 5.97 Å². The van der Waals surface area contributed by atoms with Crippen molar-refractivity contribution < 1.29 is 19.7 Å². The van der Waals surface area contributed by atoms with Crippen LogP contribution in [0.2, 0.25) is 0 Å². The molecule has 0 spiro atoms. The highest BCUT2D eigenvalue weighted by molar-refractivity contribution is 5.69. The van der Waals surface area contributed by atoms with Crippen molar-refractivity contribution in [2.45, 2.75) is 51.9 Å². The monoisotopic (exact) mass is 233 g/mol. The Balaban J connectivity index is 3.63. The molecule has 3 N–H and O–H groups in total. The molecular formula is C11H23NO4. The van der Waals surface area contributed by atoms with Crippen LogP contribution < -0.4 is 5.32 Å². The zero-order chi connectivity index (χ0) is 12.6. The summed E-state index contributed by atoms with van der Waals surface area (Å²) >= 11 is 0. The van der Waals surface area contributed by atoms with Gasteiger partial charge in [0.2, 0.25) is 0 Å². The van der Waals surface area contributed by atoms with E-state index in [9.17, 15) is 9.90 Å². The van der Waals surface area contributed by atoms with Gasteiger partial charge < -0.3 is 20.3 Å². The highest BCUT2D eigenvalue weighted by atomic mass is 16.5. The minimum atomic E-state index is -0.740. The van der Waals surface area contributed by atoms with E-state index < -0.39 is 6.10 Å². The van der Waals surface area contributed by atoms with Crippen LogP contribution in [0.5, 0.6) is 0 Å². The molecule has 0 radical (unpaired) electrons. The zero-order valence-corrected chi connectivity index (χ0v) is 10.3. The van der Waals surface area contributed by atoms with Crippen LogP contribution in [-0.4, -0.2) is 47.6 Å². The molecule has 0 saturated carbocycles. The van der Waals surface area contributed by atoms with Crippen molar-refractivity contribution in [2.24, 2.45) is 0 Å². The molecule has 0 bridgehead atoms. The molecule has 0 fully saturated rings. The van der Waals surface area contributed by atoms with Gasteiger partial charge in [-0.2, -0.15) is 0 Å². The first-order chi connectivity index (χ1) is 7.45. The second kappa shape index (κ2) is 8.50. The van der Waals surface area contributed by atoms with E-state index in [0.29, 0.717) is 19.6 Å². The maximum atomic E-state index is 11.0. The van der Waals surface area contributed by atoms with E-state index in [4.69, 9.17) is 9.84 Å². The van der Waals surface area contributed by atoms with E-state index in [2.05, 4.69) is 5.32 Å². The molecule has 5 heteroatoms. The van der Waals surface area contributed by atoms with E-state index in [1.165, 1.54) is 0 Å². The molecule has 0 aromatic heterocycles. The van der Waals surface area contributed by atoms with Crippen molar-refractivity contribution >= 4 is 5.97 Å². The maximum Gasteiger partial charge on any atom is 0.308 e. The summed E-state index contributed by atoms with van der Waals surface area (Å²) in [5.74, 6) is -0.389. The molecular weight excluding hydrogens is 210 g/mol. The third-order valence-electron chi connectivity index (χ3n) is 2.10. The quantitative estimate of drug-likeness (QED) is 0.516. The summed E-state index contributed by atoms with van der Waals surface area (Å²) in [5.41, 5.74) is 0. The highest BCUT2D eigenvalue weighted by Crippen LogP contribution is 1.98. The lowest BCUT2D eigenvalue weighted by Crippen LogP contribution is -2.36. The van der Waals surface area contributed by atoms with Crippen LogP contribution >= 0.6 is 0 Å². The topological polar surface area (TPSA) is 78.8 Å². The van der Waals surface area contributed by atoms with Crippen molar-refractivity contribution in [3.8, 4) is 0 Å². The molecule has 0 amide bonds. The minimum absolute atomic E-state index is 0.00222. The average Bonchev–Trinajstić information content (AvgIpc) is 2.14. The molecule has 0 rings (SSSR count). The molecule has 3 unspecified atom stereocenters. The van der Waals surface area contributed by atoms with Crippen LogP contribution in [0, 0.1) is 0 Å². The first-order valence-electron chi connectivity index (χ1n) is 5.70. The van der Waals surface area contributed by atoms with Crippen LogP contribution in [0.15, 0.2) is 0 Å². The average molecular weight is 233 g/mol. The summed E-state index contributed by atoms with van der Waals surface area (Å²) in [7, 11) is 0. The van der Waals surface area contributed by atoms with Gasteiger partial charge in [-0.1, -0.05) is 0 Å². The molecule has 96 valence electrons. The normalized spacial score (nSPS) is 16.6. The van der Waals surface area contributed by atoms with E-state index in [1.807, 2.05) is 6.92 Å². The number of aliphatic hydroxyl groups is 2. The molecule has 0 heterocycles. The van der Waals surface area contributed by atoms with Crippen molar-refractivity contribution in [3.63, 3.8) is 0 Å². The second-order valence-corrected chi connectivity index (χ2v) is 4.06. The maximum absolute atomic E-state index is 11.0. The molecule has 0 aromatic carbocycles. The summed E-state index contributed by atoms with van der Waals surface area (Å²) in [4.78, 5) is 11.0. The Bertz CT molecular complexity index is 196. The Morgan fingerprint density at radius 1 is 1.38 bits per heavy atom. The standard InChI is InChI=1S/C11H23NO4/c1-4-16-11(15)6-10(14)7-12-8(2)5-9(3)13/h8-10,12-14H,4-7H2,1-3H3. The van der Waals surface area contributed by atoms with E-state index in [0.717, 1.165) is 0 Å². The summed E-state index contributed by atoms with van der Waals surface area (Å²) in [6.45, 7) is 6.02. The zero-order valence-electron chi connectivity index (χ0n) is 10.3. The number of ether oxygens (including phenoxy) is 1. The number of esters is 1. The number of aliphatic hydroxyl groups excluding tert-OH is 2. The van der Waals surface area contributed by atoms with Gasteiger partial charge in [-0.3, -0.25) is 4.79 Å². The number of rotatable bonds is 8. The molecule has 0 aliphatic rings. The van der Waals surface area contributed by atoms with Crippen molar-refractivity contribution in [2.75, 3.05) is 13.2 Å². The molecule has 16 heavy (non-hydrogen) atoms.